The first-order valence-electron chi connectivity index (χ1n) is 3.78. The molecule has 1 atom stereocenters. The molecule has 0 aromatic rings. The molecule has 0 aliphatic carbocycles. The molecule has 11 heavy (non-hydrogen) atoms. The molecule has 0 aliphatic rings. The largest absolute Gasteiger partial charge is 0.396 e. The van der Waals surface area contributed by atoms with Gasteiger partial charge in [0, 0.05) is 6.61 Å². The molecule has 0 rings (SSSR count). The van der Waals surface area contributed by atoms with Gasteiger partial charge in [0.2, 0.25) is 0 Å². The smallest absolute Gasteiger partial charge is 0.0564 e. The van der Waals surface area contributed by atoms with Crippen LogP contribution in [0.4, 0.5) is 0 Å². The lowest BCUT2D eigenvalue weighted by Crippen LogP contribution is -1.94. The van der Waals surface area contributed by atoms with E-state index in [9.17, 15) is 0 Å². The summed E-state index contributed by atoms with van der Waals surface area (Å²) in [5.74, 6) is 0.659. The summed E-state index contributed by atoms with van der Waals surface area (Å²) in [6, 6.07) is 0. The monoisotopic (exact) mass is 284 g/mol. The lowest BCUT2D eigenvalue weighted by atomic mass is 10.0. The molecule has 0 radical (unpaired) electrons. The molecule has 0 amide bonds. The third-order valence-electron chi connectivity index (χ3n) is 1.53. The zero-order chi connectivity index (χ0) is 8.69. The maximum absolute atomic E-state index is 8.56. The predicted octanol–water partition coefficient (Wildman–Crippen LogP) is 3.42. The van der Waals surface area contributed by atoms with E-state index >= 15 is 0 Å². The van der Waals surface area contributed by atoms with E-state index < -0.39 is 0 Å². The van der Waals surface area contributed by atoms with E-state index in [0.717, 1.165) is 22.7 Å². The van der Waals surface area contributed by atoms with Gasteiger partial charge in [0.1, 0.15) is 0 Å². The van der Waals surface area contributed by atoms with Gasteiger partial charge in [-0.2, -0.15) is 0 Å². The maximum Gasteiger partial charge on any atom is 0.0564 e. The van der Waals surface area contributed by atoms with Gasteiger partial charge in [-0.15, -0.1) is 0 Å². The first-order chi connectivity index (χ1) is 5.16. The quantitative estimate of drug-likeness (QED) is 0.821. The van der Waals surface area contributed by atoms with Gasteiger partial charge in [0.15, 0.2) is 0 Å². The van der Waals surface area contributed by atoms with E-state index in [1.807, 2.05) is 0 Å². The molecule has 0 heterocycles. The Kier molecular flexibility index (Phi) is 7.76. The molecule has 0 bridgehead atoms. The summed E-state index contributed by atoms with van der Waals surface area (Å²) >= 11 is 6.60. The number of aliphatic hydroxyl groups excluding tert-OH is 1. The molecular formula is C8H14Br2O. The van der Waals surface area contributed by atoms with Crippen LogP contribution in [0.3, 0.4) is 0 Å². The molecule has 0 spiro atoms. The summed E-state index contributed by atoms with van der Waals surface area (Å²) in [6.07, 6.45) is 5.17. The minimum absolute atomic E-state index is 0.309. The van der Waals surface area contributed by atoms with Crippen LogP contribution in [0.2, 0.25) is 0 Å². The topological polar surface area (TPSA) is 20.2 Å². The highest BCUT2D eigenvalue weighted by Crippen LogP contribution is 2.18. The zero-order valence-corrected chi connectivity index (χ0v) is 9.86. The Hall–Kier alpha value is 0.660. The summed E-state index contributed by atoms with van der Waals surface area (Å²) in [7, 11) is 0. The van der Waals surface area contributed by atoms with Gasteiger partial charge in [0.25, 0.3) is 0 Å². The molecule has 0 saturated heterocycles. The number of allylic oxidation sites excluding steroid dienone is 1. The van der Waals surface area contributed by atoms with Crippen molar-refractivity contribution in [2.75, 3.05) is 6.61 Å². The third kappa shape index (κ3) is 8.57. The first-order valence-corrected chi connectivity index (χ1v) is 5.37. The van der Waals surface area contributed by atoms with Crippen LogP contribution in [-0.2, 0) is 0 Å². The summed E-state index contributed by atoms with van der Waals surface area (Å²) < 4.78 is 1.01. The Labute approximate surface area is 85.1 Å². The lowest BCUT2D eigenvalue weighted by Gasteiger charge is -2.05. The molecule has 0 fully saturated rings. The van der Waals surface area contributed by atoms with Crippen molar-refractivity contribution in [2.45, 2.75) is 26.2 Å². The Morgan fingerprint density at radius 1 is 1.55 bits per heavy atom. The first kappa shape index (κ1) is 11.7. The van der Waals surface area contributed by atoms with Gasteiger partial charge in [-0.1, -0.05) is 13.0 Å². The Morgan fingerprint density at radius 2 is 2.18 bits per heavy atom. The van der Waals surface area contributed by atoms with Gasteiger partial charge in [-0.3, -0.25) is 0 Å². The summed E-state index contributed by atoms with van der Waals surface area (Å²) in [4.78, 5) is 0. The summed E-state index contributed by atoms with van der Waals surface area (Å²) in [6.45, 7) is 2.50. The maximum atomic E-state index is 8.56. The average Bonchev–Trinajstić information content (AvgIpc) is 1.97. The average molecular weight is 286 g/mol. The molecule has 0 aromatic carbocycles. The minimum atomic E-state index is 0.309. The van der Waals surface area contributed by atoms with Crippen molar-refractivity contribution in [2.24, 2.45) is 5.92 Å². The fourth-order valence-corrected chi connectivity index (χ4v) is 1.22. The Bertz CT molecular complexity index is 119. The van der Waals surface area contributed by atoms with Gasteiger partial charge < -0.3 is 5.11 Å². The Morgan fingerprint density at radius 3 is 2.64 bits per heavy atom. The van der Waals surface area contributed by atoms with Crippen LogP contribution in [-0.4, -0.2) is 11.7 Å². The van der Waals surface area contributed by atoms with Crippen LogP contribution >= 0.6 is 31.9 Å². The minimum Gasteiger partial charge on any atom is -0.396 e. The van der Waals surface area contributed by atoms with E-state index in [2.05, 4.69) is 44.9 Å². The molecule has 0 aliphatic heterocycles. The molecule has 0 unspecified atom stereocenters. The third-order valence-corrected chi connectivity index (χ3v) is 2.18. The number of halogens is 2. The van der Waals surface area contributed by atoms with Crippen molar-refractivity contribution in [3.05, 3.63) is 9.47 Å². The van der Waals surface area contributed by atoms with Crippen molar-refractivity contribution in [1.82, 2.24) is 0 Å². The van der Waals surface area contributed by atoms with Crippen LogP contribution in [0.15, 0.2) is 9.47 Å². The van der Waals surface area contributed by atoms with Crippen molar-refractivity contribution >= 4 is 31.9 Å². The highest BCUT2D eigenvalue weighted by atomic mass is 79.9. The lowest BCUT2D eigenvalue weighted by molar-refractivity contribution is 0.274. The molecule has 66 valence electrons. The highest BCUT2D eigenvalue weighted by Gasteiger charge is 1.98. The fourth-order valence-electron chi connectivity index (χ4n) is 0.848. The van der Waals surface area contributed by atoms with Crippen molar-refractivity contribution < 1.29 is 5.11 Å². The number of hydrogen-bond donors (Lipinski definition) is 1. The molecular weight excluding hydrogens is 272 g/mol. The van der Waals surface area contributed by atoms with E-state index in [1.165, 1.54) is 0 Å². The van der Waals surface area contributed by atoms with Crippen LogP contribution < -0.4 is 0 Å². The van der Waals surface area contributed by atoms with Gasteiger partial charge in [-0.25, -0.2) is 0 Å². The molecule has 0 aromatic heterocycles. The SMILES string of the molecule is C[C@@H](CC=C(Br)Br)CCCO. The fraction of sp³-hybridized carbons (Fsp3) is 0.750. The summed E-state index contributed by atoms with van der Waals surface area (Å²) in [5.41, 5.74) is 0. The van der Waals surface area contributed by atoms with Gasteiger partial charge in [-0.05, 0) is 57.0 Å². The van der Waals surface area contributed by atoms with Crippen LogP contribution in [0, 0.1) is 5.92 Å². The molecule has 3 heteroatoms. The van der Waals surface area contributed by atoms with E-state index in [4.69, 9.17) is 5.11 Å². The van der Waals surface area contributed by atoms with Crippen LogP contribution in [0.1, 0.15) is 26.2 Å². The summed E-state index contributed by atoms with van der Waals surface area (Å²) in [5, 5.41) is 8.56. The molecule has 1 N–H and O–H groups in total. The number of hydrogen-bond acceptors (Lipinski definition) is 1. The highest BCUT2D eigenvalue weighted by molar-refractivity contribution is 9.28. The second-order valence-corrected chi connectivity index (χ2v) is 5.47. The van der Waals surface area contributed by atoms with E-state index in [1.54, 1.807) is 0 Å². The normalized spacial score (nSPS) is 12.7. The zero-order valence-electron chi connectivity index (χ0n) is 6.69. The molecule has 0 saturated carbocycles. The van der Waals surface area contributed by atoms with Gasteiger partial charge >= 0.3 is 0 Å². The van der Waals surface area contributed by atoms with Crippen molar-refractivity contribution in [3.63, 3.8) is 0 Å². The van der Waals surface area contributed by atoms with Gasteiger partial charge in [0.05, 0.1) is 3.39 Å². The van der Waals surface area contributed by atoms with E-state index in [0.29, 0.717) is 12.5 Å². The Balaban J connectivity index is 3.36. The van der Waals surface area contributed by atoms with Crippen molar-refractivity contribution in [3.8, 4) is 0 Å². The van der Waals surface area contributed by atoms with Crippen LogP contribution in [0.5, 0.6) is 0 Å². The second-order valence-electron chi connectivity index (χ2n) is 2.70. The number of aliphatic hydroxyl groups is 1. The number of rotatable bonds is 5. The predicted molar refractivity (Wildman–Crippen MR) is 56.0 cm³/mol. The standard InChI is InChI=1S/C8H14Br2O/c1-7(3-2-6-11)4-5-8(9)10/h5,7,11H,2-4,6H2,1H3/t7-/m1/s1. The van der Waals surface area contributed by atoms with Crippen LogP contribution in [0.25, 0.3) is 0 Å². The van der Waals surface area contributed by atoms with E-state index in [-0.39, 0.29) is 0 Å². The second kappa shape index (κ2) is 7.32. The van der Waals surface area contributed by atoms with Crippen molar-refractivity contribution in [1.29, 1.82) is 0 Å². The molecule has 1 nitrogen and oxygen atoms in total.